The van der Waals surface area contributed by atoms with Crippen molar-refractivity contribution in [2.24, 2.45) is 0 Å². The van der Waals surface area contributed by atoms with Crippen LogP contribution in [0.5, 0.6) is 0 Å². The minimum atomic E-state index is 1.06. The van der Waals surface area contributed by atoms with Crippen molar-refractivity contribution in [3.63, 3.8) is 0 Å². The van der Waals surface area contributed by atoms with Crippen molar-refractivity contribution < 1.29 is 0 Å². The number of hydrogen-bond acceptors (Lipinski definition) is 2. The zero-order chi connectivity index (χ0) is 12.1. The third-order valence-electron chi connectivity index (χ3n) is 2.77. The SMILES string of the molecule is CCCCNc1ccc(-c2ccc(C)s2)cc1. The van der Waals surface area contributed by atoms with Gasteiger partial charge in [-0.15, -0.1) is 11.3 Å². The zero-order valence-corrected chi connectivity index (χ0v) is 11.3. The average Bonchev–Trinajstić information content (AvgIpc) is 2.77. The van der Waals surface area contributed by atoms with Crippen LogP contribution in [-0.2, 0) is 0 Å². The van der Waals surface area contributed by atoms with Crippen molar-refractivity contribution >= 4 is 17.0 Å². The number of thiophene rings is 1. The lowest BCUT2D eigenvalue weighted by atomic mass is 10.1. The van der Waals surface area contributed by atoms with Gasteiger partial charge >= 0.3 is 0 Å². The first-order valence-corrected chi connectivity index (χ1v) is 7.02. The topological polar surface area (TPSA) is 12.0 Å². The molecular weight excluding hydrogens is 226 g/mol. The quantitative estimate of drug-likeness (QED) is 0.736. The van der Waals surface area contributed by atoms with Crippen LogP contribution in [0.4, 0.5) is 5.69 Å². The molecule has 0 saturated carbocycles. The molecule has 0 fully saturated rings. The van der Waals surface area contributed by atoms with Crippen molar-refractivity contribution in [1.82, 2.24) is 0 Å². The van der Waals surface area contributed by atoms with Crippen LogP contribution in [0.1, 0.15) is 24.6 Å². The highest BCUT2D eigenvalue weighted by Gasteiger charge is 2.00. The summed E-state index contributed by atoms with van der Waals surface area (Å²) in [6.45, 7) is 5.42. The normalized spacial score (nSPS) is 10.5. The van der Waals surface area contributed by atoms with Gasteiger partial charge in [-0.2, -0.15) is 0 Å². The second kappa shape index (κ2) is 5.87. The first-order chi connectivity index (χ1) is 8.29. The van der Waals surface area contributed by atoms with E-state index in [1.807, 2.05) is 11.3 Å². The minimum absolute atomic E-state index is 1.06. The van der Waals surface area contributed by atoms with Crippen molar-refractivity contribution in [2.45, 2.75) is 26.7 Å². The number of rotatable bonds is 5. The number of hydrogen-bond donors (Lipinski definition) is 1. The summed E-state index contributed by atoms with van der Waals surface area (Å²) in [5.74, 6) is 0. The smallest absolute Gasteiger partial charge is 0.0345 e. The number of aryl methyl sites for hydroxylation is 1. The van der Waals surface area contributed by atoms with Gasteiger partial charge in [0.1, 0.15) is 0 Å². The van der Waals surface area contributed by atoms with E-state index in [1.165, 1.54) is 33.8 Å². The molecule has 2 aromatic rings. The van der Waals surface area contributed by atoms with Gasteiger partial charge in [0.25, 0.3) is 0 Å². The molecule has 0 amide bonds. The van der Waals surface area contributed by atoms with Gasteiger partial charge in [-0.1, -0.05) is 25.5 Å². The molecule has 0 aliphatic carbocycles. The zero-order valence-electron chi connectivity index (χ0n) is 10.5. The van der Waals surface area contributed by atoms with E-state index in [1.54, 1.807) is 0 Å². The first kappa shape index (κ1) is 12.2. The van der Waals surface area contributed by atoms with Crippen LogP contribution in [0, 0.1) is 6.92 Å². The van der Waals surface area contributed by atoms with Crippen LogP contribution in [0.25, 0.3) is 10.4 Å². The Bertz CT molecular complexity index is 456. The molecule has 0 unspecified atom stereocenters. The summed E-state index contributed by atoms with van der Waals surface area (Å²) < 4.78 is 0. The van der Waals surface area contributed by atoms with E-state index in [2.05, 4.69) is 55.6 Å². The number of nitrogens with one attached hydrogen (secondary N) is 1. The largest absolute Gasteiger partial charge is 0.385 e. The Morgan fingerprint density at radius 3 is 2.41 bits per heavy atom. The Hall–Kier alpha value is -1.28. The molecule has 0 aliphatic heterocycles. The molecule has 0 atom stereocenters. The van der Waals surface area contributed by atoms with Gasteiger partial charge in [0.2, 0.25) is 0 Å². The van der Waals surface area contributed by atoms with Crippen LogP contribution < -0.4 is 5.32 Å². The second-order valence-corrected chi connectivity index (χ2v) is 5.56. The van der Waals surface area contributed by atoms with Crippen molar-refractivity contribution in [3.05, 3.63) is 41.3 Å². The third kappa shape index (κ3) is 3.34. The molecule has 0 spiro atoms. The molecule has 1 aromatic carbocycles. The van der Waals surface area contributed by atoms with E-state index in [0.717, 1.165) is 6.54 Å². The lowest BCUT2D eigenvalue weighted by Crippen LogP contribution is -2.00. The fraction of sp³-hybridized carbons (Fsp3) is 0.333. The second-order valence-electron chi connectivity index (χ2n) is 4.27. The van der Waals surface area contributed by atoms with Gasteiger partial charge in [-0.05, 0) is 43.2 Å². The first-order valence-electron chi connectivity index (χ1n) is 6.20. The fourth-order valence-corrected chi connectivity index (χ4v) is 2.62. The Kier molecular flexibility index (Phi) is 4.21. The average molecular weight is 245 g/mol. The Balaban J connectivity index is 2.02. The molecule has 0 bridgehead atoms. The van der Waals surface area contributed by atoms with E-state index in [-0.39, 0.29) is 0 Å². The van der Waals surface area contributed by atoms with Gasteiger partial charge in [-0.3, -0.25) is 0 Å². The van der Waals surface area contributed by atoms with E-state index in [0.29, 0.717) is 0 Å². The lowest BCUT2D eigenvalue weighted by Gasteiger charge is -2.06. The summed E-state index contributed by atoms with van der Waals surface area (Å²) in [4.78, 5) is 2.72. The molecule has 1 N–H and O–H groups in total. The molecule has 1 aromatic heterocycles. The van der Waals surface area contributed by atoms with Crippen LogP contribution in [0.2, 0.25) is 0 Å². The lowest BCUT2D eigenvalue weighted by molar-refractivity contribution is 0.834. The molecule has 1 nitrogen and oxygen atoms in total. The maximum absolute atomic E-state index is 3.43. The van der Waals surface area contributed by atoms with E-state index < -0.39 is 0 Å². The van der Waals surface area contributed by atoms with Crippen molar-refractivity contribution in [3.8, 4) is 10.4 Å². The van der Waals surface area contributed by atoms with E-state index in [9.17, 15) is 0 Å². The van der Waals surface area contributed by atoms with E-state index in [4.69, 9.17) is 0 Å². The highest BCUT2D eigenvalue weighted by atomic mass is 32.1. The third-order valence-corrected chi connectivity index (χ3v) is 3.82. The molecule has 0 radical (unpaired) electrons. The summed E-state index contributed by atoms with van der Waals surface area (Å²) in [6, 6.07) is 13.1. The van der Waals surface area contributed by atoms with Crippen molar-refractivity contribution in [2.75, 3.05) is 11.9 Å². The van der Waals surface area contributed by atoms with Crippen molar-refractivity contribution in [1.29, 1.82) is 0 Å². The van der Waals surface area contributed by atoms with Gasteiger partial charge < -0.3 is 5.32 Å². The molecule has 0 saturated heterocycles. The molecule has 2 rings (SSSR count). The number of benzene rings is 1. The molecule has 17 heavy (non-hydrogen) atoms. The van der Waals surface area contributed by atoms with Crippen LogP contribution in [-0.4, -0.2) is 6.54 Å². The van der Waals surface area contributed by atoms with Gasteiger partial charge in [0.15, 0.2) is 0 Å². The summed E-state index contributed by atoms with van der Waals surface area (Å²) in [6.07, 6.45) is 2.46. The Morgan fingerprint density at radius 2 is 1.82 bits per heavy atom. The Morgan fingerprint density at radius 1 is 1.06 bits per heavy atom. The fourth-order valence-electron chi connectivity index (χ4n) is 1.75. The molecular formula is C15H19NS. The summed E-state index contributed by atoms with van der Waals surface area (Å²) in [7, 11) is 0. The van der Waals surface area contributed by atoms with Crippen LogP contribution in [0.15, 0.2) is 36.4 Å². The predicted octanol–water partition coefficient (Wildman–Crippen LogP) is 4.94. The standard InChI is InChI=1S/C15H19NS/c1-3-4-11-16-14-8-6-13(7-9-14)15-10-5-12(2)17-15/h5-10,16H,3-4,11H2,1-2H3. The Labute approximate surface area is 108 Å². The highest BCUT2D eigenvalue weighted by Crippen LogP contribution is 2.28. The van der Waals surface area contributed by atoms with Gasteiger partial charge in [0, 0.05) is 22.0 Å². The molecule has 1 heterocycles. The summed E-state index contributed by atoms with van der Waals surface area (Å²) in [5.41, 5.74) is 2.53. The monoisotopic (exact) mass is 245 g/mol. The van der Waals surface area contributed by atoms with Crippen LogP contribution >= 0.6 is 11.3 Å². The molecule has 2 heteroatoms. The predicted molar refractivity (Wildman–Crippen MR) is 77.9 cm³/mol. The maximum Gasteiger partial charge on any atom is 0.0345 e. The van der Waals surface area contributed by atoms with Crippen LogP contribution in [0.3, 0.4) is 0 Å². The minimum Gasteiger partial charge on any atom is -0.385 e. The van der Waals surface area contributed by atoms with Gasteiger partial charge in [-0.25, -0.2) is 0 Å². The van der Waals surface area contributed by atoms with E-state index >= 15 is 0 Å². The highest BCUT2D eigenvalue weighted by molar-refractivity contribution is 7.15. The number of unbranched alkanes of at least 4 members (excludes halogenated alkanes) is 1. The molecule has 0 aliphatic rings. The maximum atomic E-state index is 3.43. The molecule has 90 valence electrons. The summed E-state index contributed by atoms with van der Waals surface area (Å²) >= 11 is 1.85. The summed E-state index contributed by atoms with van der Waals surface area (Å²) in [5, 5.41) is 3.43. The number of anilines is 1. The van der Waals surface area contributed by atoms with Gasteiger partial charge in [0.05, 0.1) is 0 Å².